The molecular weight excluding hydrogens is 282 g/mol. The van der Waals surface area contributed by atoms with Gasteiger partial charge in [0.1, 0.15) is 5.52 Å². The third-order valence-electron chi connectivity index (χ3n) is 3.08. The number of halogens is 2. The van der Waals surface area contributed by atoms with E-state index < -0.39 is 18.9 Å². The van der Waals surface area contributed by atoms with Gasteiger partial charge in [0, 0.05) is 18.7 Å². The van der Waals surface area contributed by atoms with Crippen LogP contribution in [-0.2, 0) is 6.54 Å². The van der Waals surface area contributed by atoms with E-state index in [-0.39, 0.29) is 18.7 Å². The summed E-state index contributed by atoms with van der Waals surface area (Å²) in [6.45, 7) is 1.35. The molecule has 0 radical (unpaired) electrons. The molecule has 0 saturated carbocycles. The summed E-state index contributed by atoms with van der Waals surface area (Å²) in [6, 6.07) is 4.76. The Balaban J connectivity index is 2.28. The van der Waals surface area contributed by atoms with E-state index >= 15 is 0 Å². The minimum Gasteiger partial charge on any atom is -0.395 e. The van der Waals surface area contributed by atoms with Crippen molar-refractivity contribution in [2.75, 3.05) is 19.7 Å². The number of carbonyl (C=O) groups excluding carboxylic acids is 1. The number of amides is 1. The number of aliphatic hydroxyl groups is 1. The van der Waals surface area contributed by atoms with E-state index in [0.717, 1.165) is 10.4 Å². The summed E-state index contributed by atoms with van der Waals surface area (Å²) in [5, 5.41) is 16.8. The van der Waals surface area contributed by atoms with Gasteiger partial charge in [-0.1, -0.05) is 5.21 Å². The predicted molar refractivity (Wildman–Crippen MR) is 72.2 cm³/mol. The van der Waals surface area contributed by atoms with Gasteiger partial charge in [-0.25, -0.2) is 13.5 Å². The zero-order chi connectivity index (χ0) is 15.4. The van der Waals surface area contributed by atoms with Crippen LogP contribution in [0.4, 0.5) is 8.78 Å². The van der Waals surface area contributed by atoms with E-state index in [1.807, 2.05) is 6.92 Å². The maximum atomic E-state index is 12.5. The van der Waals surface area contributed by atoms with Crippen molar-refractivity contribution in [2.45, 2.75) is 19.9 Å². The lowest BCUT2D eigenvalue weighted by molar-refractivity contribution is 0.0509. The molecule has 114 valence electrons. The van der Waals surface area contributed by atoms with Crippen molar-refractivity contribution in [2.24, 2.45) is 0 Å². The Labute approximate surface area is 120 Å². The van der Waals surface area contributed by atoms with Gasteiger partial charge in [0.15, 0.2) is 0 Å². The van der Waals surface area contributed by atoms with Gasteiger partial charge >= 0.3 is 0 Å². The molecule has 0 aliphatic heterocycles. The number of hydrogen-bond donors (Lipinski definition) is 1. The molecule has 0 unspecified atom stereocenters. The molecule has 1 N–H and O–H groups in total. The first-order chi connectivity index (χ1) is 10.1. The van der Waals surface area contributed by atoms with Crippen LogP contribution in [0.1, 0.15) is 17.3 Å². The maximum absolute atomic E-state index is 12.5. The van der Waals surface area contributed by atoms with Gasteiger partial charge < -0.3 is 10.0 Å². The van der Waals surface area contributed by atoms with Gasteiger partial charge in [-0.3, -0.25) is 4.79 Å². The topological polar surface area (TPSA) is 71.2 Å². The highest BCUT2D eigenvalue weighted by molar-refractivity contribution is 5.97. The Bertz CT molecular complexity index is 630. The highest BCUT2D eigenvalue weighted by Gasteiger charge is 2.20. The molecule has 1 aromatic heterocycles. The monoisotopic (exact) mass is 298 g/mol. The lowest BCUT2D eigenvalue weighted by Gasteiger charge is -2.21. The van der Waals surface area contributed by atoms with Crippen molar-refractivity contribution in [1.29, 1.82) is 0 Å². The molecule has 0 spiro atoms. The molecule has 2 aromatic rings. The van der Waals surface area contributed by atoms with Crippen molar-refractivity contribution in [1.82, 2.24) is 19.9 Å². The van der Waals surface area contributed by atoms with Crippen LogP contribution in [0.5, 0.6) is 0 Å². The average Bonchev–Trinajstić information content (AvgIpc) is 2.87. The minimum atomic E-state index is -2.65. The Morgan fingerprint density at radius 3 is 2.86 bits per heavy atom. The van der Waals surface area contributed by atoms with Crippen molar-refractivity contribution in [3.05, 3.63) is 23.8 Å². The van der Waals surface area contributed by atoms with Gasteiger partial charge in [-0.15, -0.1) is 5.10 Å². The Kier molecular flexibility index (Phi) is 4.79. The second-order valence-corrected chi connectivity index (χ2v) is 4.47. The SMILES string of the molecule is CCn1nnc2cc(C(=O)N(CCO)CC(F)F)ccc21. The molecule has 0 aliphatic carbocycles. The van der Waals surface area contributed by atoms with Crippen LogP contribution in [0.2, 0.25) is 0 Å². The molecule has 1 aromatic carbocycles. The van der Waals surface area contributed by atoms with E-state index in [4.69, 9.17) is 5.11 Å². The van der Waals surface area contributed by atoms with E-state index in [9.17, 15) is 13.6 Å². The molecule has 8 heteroatoms. The number of benzene rings is 1. The molecule has 0 saturated heterocycles. The molecule has 0 aliphatic rings. The molecule has 0 bridgehead atoms. The quantitative estimate of drug-likeness (QED) is 0.868. The number of carbonyl (C=O) groups is 1. The van der Waals surface area contributed by atoms with Gasteiger partial charge in [0.2, 0.25) is 0 Å². The average molecular weight is 298 g/mol. The summed E-state index contributed by atoms with van der Waals surface area (Å²) < 4.78 is 26.6. The summed E-state index contributed by atoms with van der Waals surface area (Å²) >= 11 is 0. The maximum Gasteiger partial charge on any atom is 0.255 e. The summed E-state index contributed by atoms with van der Waals surface area (Å²) in [4.78, 5) is 13.1. The summed E-state index contributed by atoms with van der Waals surface area (Å²) in [5.41, 5.74) is 1.56. The third-order valence-corrected chi connectivity index (χ3v) is 3.08. The van der Waals surface area contributed by atoms with Gasteiger partial charge in [0.25, 0.3) is 12.3 Å². The lowest BCUT2D eigenvalue weighted by Crippen LogP contribution is -2.37. The van der Waals surface area contributed by atoms with Gasteiger partial charge in [-0.2, -0.15) is 0 Å². The van der Waals surface area contributed by atoms with Crippen LogP contribution in [0.3, 0.4) is 0 Å². The first kappa shape index (κ1) is 15.3. The Hall–Kier alpha value is -2.09. The molecule has 6 nitrogen and oxygen atoms in total. The number of aromatic nitrogens is 3. The largest absolute Gasteiger partial charge is 0.395 e. The van der Waals surface area contributed by atoms with Crippen LogP contribution >= 0.6 is 0 Å². The summed E-state index contributed by atoms with van der Waals surface area (Å²) in [6.07, 6.45) is -2.65. The number of rotatable bonds is 6. The van der Waals surface area contributed by atoms with Crippen molar-refractivity contribution in [3.63, 3.8) is 0 Å². The van der Waals surface area contributed by atoms with Gasteiger partial charge in [-0.05, 0) is 25.1 Å². The summed E-state index contributed by atoms with van der Waals surface area (Å²) in [7, 11) is 0. The van der Waals surface area contributed by atoms with Gasteiger partial charge in [0.05, 0.1) is 18.7 Å². The first-order valence-corrected chi connectivity index (χ1v) is 6.58. The zero-order valence-corrected chi connectivity index (χ0v) is 11.5. The second-order valence-electron chi connectivity index (χ2n) is 4.47. The Morgan fingerprint density at radius 1 is 1.48 bits per heavy atom. The fourth-order valence-electron chi connectivity index (χ4n) is 2.08. The van der Waals surface area contributed by atoms with E-state index in [1.54, 1.807) is 16.8 Å². The Morgan fingerprint density at radius 2 is 2.24 bits per heavy atom. The van der Waals surface area contributed by atoms with Crippen molar-refractivity contribution >= 4 is 16.9 Å². The van der Waals surface area contributed by atoms with E-state index in [1.165, 1.54) is 6.07 Å². The molecule has 0 atom stereocenters. The highest BCUT2D eigenvalue weighted by Crippen LogP contribution is 2.15. The third kappa shape index (κ3) is 3.33. The lowest BCUT2D eigenvalue weighted by atomic mass is 10.1. The van der Waals surface area contributed by atoms with Crippen molar-refractivity contribution in [3.8, 4) is 0 Å². The predicted octanol–water partition coefficient (Wildman–Crippen LogP) is 1.15. The van der Waals surface area contributed by atoms with Crippen LogP contribution < -0.4 is 0 Å². The molecular formula is C13H16F2N4O2. The minimum absolute atomic E-state index is 0.136. The van der Waals surface area contributed by atoms with Crippen LogP contribution in [0.15, 0.2) is 18.2 Å². The van der Waals surface area contributed by atoms with E-state index in [2.05, 4.69) is 10.3 Å². The highest BCUT2D eigenvalue weighted by atomic mass is 19.3. The molecule has 21 heavy (non-hydrogen) atoms. The number of nitrogens with zero attached hydrogens (tertiary/aromatic N) is 4. The molecule has 1 heterocycles. The van der Waals surface area contributed by atoms with Crippen LogP contribution in [0, 0.1) is 0 Å². The fourth-order valence-corrected chi connectivity index (χ4v) is 2.08. The normalized spacial score (nSPS) is 11.3. The smallest absolute Gasteiger partial charge is 0.255 e. The van der Waals surface area contributed by atoms with Crippen molar-refractivity contribution < 1.29 is 18.7 Å². The van der Waals surface area contributed by atoms with Crippen LogP contribution in [-0.4, -0.2) is 57.0 Å². The first-order valence-electron chi connectivity index (χ1n) is 6.58. The standard InChI is InChI=1S/C13H16F2N4O2/c1-2-19-11-4-3-9(7-10(11)16-17-19)13(21)18(5-6-20)8-12(14)15/h3-4,7,12,20H,2,5-6,8H2,1H3. The number of aliphatic hydroxyl groups excluding tert-OH is 1. The molecule has 0 fully saturated rings. The second kappa shape index (κ2) is 6.57. The number of aryl methyl sites for hydroxylation is 1. The van der Waals surface area contributed by atoms with E-state index in [0.29, 0.717) is 12.1 Å². The number of hydrogen-bond acceptors (Lipinski definition) is 4. The van der Waals surface area contributed by atoms with Crippen LogP contribution in [0.25, 0.3) is 11.0 Å². The fraction of sp³-hybridized carbons (Fsp3) is 0.462. The zero-order valence-electron chi connectivity index (χ0n) is 11.5. The molecule has 2 rings (SSSR count). The molecule has 1 amide bonds. The summed E-state index contributed by atoms with van der Waals surface area (Å²) in [5.74, 6) is -0.558. The number of alkyl halides is 2. The number of fused-ring (bicyclic) bond motifs is 1.